The minimum atomic E-state index is 0.00768. The normalized spacial score (nSPS) is 35.7. The summed E-state index contributed by atoms with van der Waals surface area (Å²) in [5.41, 5.74) is 5.97. The van der Waals surface area contributed by atoms with Gasteiger partial charge < -0.3 is 5.73 Å². The van der Waals surface area contributed by atoms with E-state index in [1.807, 2.05) is 0 Å². The van der Waals surface area contributed by atoms with E-state index in [1.165, 1.54) is 19.3 Å². The van der Waals surface area contributed by atoms with Gasteiger partial charge in [-0.3, -0.25) is 5.32 Å². The molecule has 0 amide bonds. The van der Waals surface area contributed by atoms with Crippen molar-refractivity contribution < 1.29 is 0 Å². The molecule has 0 aliphatic heterocycles. The van der Waals surface area contributed by atoms with Crippen LogP contribution in [0.1, 0.15) is 39.5 Å². The Kier molecular flexibility index (Phi) is 2.90. The van der Waals surface area contributed by atoms with E-state index in [0.29, 0.717) is 5.92 Å². The first-order chi connectivity index (χ1) is 5.19. The molecule has 0 aromatic carbocycles. The summed E-state index contributed by atoms with van der Waals surface area (Å²) in [6.07, 6.45) is 5.02. The van der Waals surface area contributed by atoms with Crippen molar-refractivity contribution >= 4 is 0 Å². The zero-order valence-electron chi connectivity index (χ0n) is 7.69. The first-order valence-corrected chi connectivity index (χ1v) is 4.73. The highest BCUT2D eigenvalue weighted by Gasteiger charge is 2.46. The van der Waals surface area contributed by atoms with Crippen LogP contribution in [0.3, 0.4) is 0 Å². The van der Waals surface area contributed by atoms with Gasteiger partial charge in [0.2, 0.25) is 0 Å². The van der Waals surface area contributed by atoms with E-state index in [0.717, 1.165) is 13.0 Å². The molecule has 2 atom stereocenters. The Morgan fingerprint density at radius 3 is 2.64 bits per heavy atom. The lowest BCUT2D eigenvalue weighted by Crippen LogP contribution is -2.42. The molecule has 0 heterocycles. The largest absolute Gasteiger partial charge is 0.313 e. The molecule has 1 aliphatic carbocycles. The van der Waals surface area contributed by atoms with Gasteiger partial charge in [-0.2, -0.15) is 0 Å². The van der Waals surface area contributed by atoms with Crippen LogP contribution in [0.25, 0.3) is 0 Å². The fourth-order valence-corrected chi connectivity index (χ4v) is 1.39. The van der Waals surface area contributed by atoms with Gasteiger partial charge in [0.25, 0.3) is 0 Å². The maximum atomic E-state index is 5.96. The van der Waals surface area contributed by atoms with E-state index < -0.39 is 0 Å². The highest BCUT2D eigenvalue weighted by molar-refractivity contribution is 5.02. The van der Waals surface area contributed by atoms with Gasteiger partial charge in [-0.25, -0.2) is 0 Å². The SMILES string of the molecule is CCCCCNC1(N)CC1C. The molecule has 1 fully saturated rings. The second kappa shape index (κ2) is 3.55. The number of unbranched alkanes of at least 4 members (excludes halogenated alkanes) is 2. The molecule has 1 rings (SSSR count). The summed E-state index contributed by atoms with van der Waals surface area (Å²) in [6, 6.07) is 0. The topological polar surface area (TPSA) is 38.0 Å². The van der Waals surface area contributed by atoms with Crippen molar-refractivity contribution in [2.75, 3.05) is 6.54 Å². The summed E-state index contributed by atoms with van der Waals surface area (Å²) < 4.78 is 0. The molecule has 11 heavy (non-hydrogen) atoms. The summed E-state index contributed by atoms with van der Waals surface area (Å²) >= 11 is 0. The molecule has 0 aromatic rings. The lowest BCUT2D eigenvalue weighted by Gasteiger charge is -2.11. The van der Waals surface area contributed by atoms with Crippen LogP contribution in [0, 0.1) is 5.92 Å². The van der Waals surface area contributed by atoms with Gasteiger partial charge in [0.05, 0.1) is 5.66 Å². The lowest BCUT2D eigenvalue weighted by molar-refractivity contribution is 0.468. The third-order valence-corrected chi connectivity index (χ3v) is 2.60. The molecule has 0 aromatic heterocycles. The van der Waals surface area contributed by atoms with E-state index in [4.69, 9.17) is 5.73 Å². The molecule has 2 nitrogen and oxygen atoms in total. The van der Waals surface area contributed by atoms with Crippen LogP contribution in [0.2, 0.25) is 0 Å². The second-order valence-electron chi connectivity index (χ2n) is 3.78. The molecule has 3 N–H and O–H groups in total. The van der Waals surface area contributed by atoms with Crippen molar-refractivity contribution in [2.45, 2.75) is 45.2 Å². The molecule has 0 saturated heterocycles. The summed E-state index contributed by atoms with van der Waals surface area (Å²) in [4.78, 5) is 0. The average Bonchev–Trinajstić information content (AvgIpc) is 2.54. The van der Waals surface area contributed by atoms with Gasteiger partial charge in [0.15, 0.2) is 0 Å². The molecule has 1 saturated carbocycles. The minimum Gasteiger partial charge on any atom is -0.313 e. The van der Waals surface area contributed by atoms with Gasteiger partial charge >= 0.3 is 0 Å². The smallest absolute Gasteiger partial charge is 0.0693 e. The Bertz CT molecular complexity index is 125. The van der Waals surface area contributed by atoms with Crippen molar-refractivity contribution in [1.82, 2.24) is 5.32 Å². The average molecular weight is 156 g/mol. The number of hydrogen-bond donors (Lipinski definition) is 2. The first-order valence-electron chi connectivity index (χ1n) is 4.73. The molecular formula is C9H20N2. The third-order valence-electron chi connectivity index (χ3n) is 2.60. The summed E-state index contributed by atoms with van der Waals surface area (Å²) in [7, 11) is 0. The van der Waals surface area contributed by atoms with Crippen LogP contribution in [-0.4, -0.2) is 12.2 Å². The number of hydrogen-bond acceptors (Lipinski definition) is 2. The lowest BCUT2D eigenvalue weighted by atomic mass is 10.2. The molecule has 0 bridgehead atoms. The van der Waals surface area contributed by atoms with Crippen LogP contribution in [-0.2, 0) is 0 Å². The van der Waals surface area contributed by atoms with Crippen LogP contribution in [0.15, 0.2) is 0 Å². The molecule has 1 aliphatic rings. The quantitative estimate of drug-likeness (QED) is 0.467. The van der Waals surface area contributed by atoms with Crippen molar-refractivity contribution in [3.8, 4) is 0 Å². The Labute approximate surface area is 69.5 Å². The van der Waals surface area contributed by atoms with Gasteiger partial charge in [-0.15, -0.1) is 0 Å². The molecule has 2 heteroatoms. The van der Waals surface area contributed by atoms with Crippen molar-refractivity contribution in [1.29, 1.82) is 0 Å². The molecule has 2 unspecified atom stereocenters. The predicted molar refractivity (Wildman–Crippen MR) is 48.2 cm³/mol. The Morgan fingerprint density at radius 2 is 2.18 bits per heavy atom. The van der Waals surface area contributed by atoms with Crippen LogP contribution in [0.5, 0.6) is 0 Å². The number of rotatable bonds is 5. The van der Waals surface area contributed by atoms with Gasteiger partial charge in [0, 0.05) is 0 Å². The maximum absolute atomic E-state index is 5.96. The van der Waals surface area contributed by atoms with Gasteiger partial charge in [-0.05, 0) is 25.3 Å². The molecule has 0 spiro atoms. The highest BCUT2D eigenvalue weighted by Crippen LogP contribution is 2.37. The summed E-state index contributed by atoms with van der Waals surface area (Å²) in [5.74, 6) is 0.684. The van der Waals surface area contributed by atoms with E-state index in [-0.39, 0.29) is 5.66 Å². The Hall–Kier alpha value is -0.0800. The first kappa shape index (κ1) is 9.01. The fourth-order valence-electron chi connectivity index (χ4n) is 1.39. The molecule has 66 valence electrons. The minimum absolute atomic E-state index is 0.00768. The van der Waals surface area contributed by atoms with Crippen molar-refractivity contribution in [3.05, 3.63) is 0 Å². The summed E-state index contributed by atoms with van der Waals surface area (Å²) in [6.45, 7) is 5.51. The number of nitrogens with one attached hydrogen (secondary N) is 1. The van der Waals surface area contributed by atoms with Crippen LogP contribution < -0.4 is 11.1 Å². The molecule has 0 radical (unpaired) electrons. The Balaban J connectivity index is 1.96. The zero-order valence-corrected chi connectivity index (χ0v) is 7.69. The van der Waals surface area contributed by atoms with E-state index in [2.05, 4.69) is 19.2 Å². The zero-order chi connectivity index (χ0) is 8.32. The van der Waals surface area contributed by atoms with E-state index in [1.54, 1.807) is 0 Å². The van der Waals surface area contributed by atoms with Crippen molar-refractivity contribution in [3.63, 3.8) is 0 Å². The predicted octanol–water partition coefficient (Wildman–Crippen LogP) is 1.46. The van der Waals surface area contributed by atoms with Crippen LogP contribution >= 0.6 is 0 Å². The van der Waals surface area contributed by atoms with Gasteiger partial charge in [-0.1, -0.05) is 26.7 Å². The highest BCUT2D eigenvalue weighted by atomic mass is 15.2. The van der Waals surface area contributed by atoms with Crippen molar-refractivity contribution in [2.24, 2.45) is 11.7 Å². The van der Waals surface area contributed by atoms with E-state index in [9.17, 15) is 0 Å². The summed E-state index contributed by atoms with van der Waals surface area (Å²) in [5, 5.41) is 3.40. The van der Waals surface area contributed by atoms with Crippen LogP contribution in [0.4, 0.5) is 0 Å². The van der Waals surface area contributed by atoms with E-state index >= 15 is 0 Å². The molecular weight excluding hydrogens is 136 g/mol. The second-order valence-corrected chi connectivity index (χ2v) is 3.78. The third kappa shape index (κ3) is 2.46. The van der Waals surface area contributed by atoms with Gasteiger partial charge in [0.1, 0.15) is 0 Å². The standard InChI is InChI=1S/C9H20N2/c1-3-4-5-6-11-9(10)7-8(9)2/h8,11H,3-7,10H2,1-2H3. The Morgan fingerprint density at radius 1 is 1.55 bits per heavy atom. The monoisotopic (exact) mass is 156 g/mol. The fraction of sp³-hybridized carbons (Fsp3) is 1.00. The maximum Gasteiger partial charge on any atom is 0.0693 e. The number of nitrogens with two attached hydrogens (primary N) is 1.